The minimum absolute atomic E-state index is 0.286. The number of nitrogens with zero attached hydrogens (tertiary/aromatic N) is 2. The van der Waals surface area contributed by atoms with Gasteiger partial charge in [0.05, 0.1) is 21.3 Å². The van der Waals surface area contributed by atoms with Crippen LogP contribution < -0.4 is 0 Å². The molecule has 0 spiro atoms. The maximum Gasteiger partial charge on any atom is 0.167 e. The molecule has 20 heavy (non-hydrogen) atoms. The predicted octanol–water partition coefficient (Wildman–Crippen LogP) is 4.63. The number of nitrogens with one attached hydrogen (secondary N) is 1. The molecule has 0 radical (unpaired) electrons. The monoisotopic (exact) mass is 303 g/mol. The lowest BCUT2D eigenvalue weighted by Crippen LogP contribution is -1.78. The Bertz CT molecular complexity index is 866. The third-order valence-electron chi connectivity index (χ3n) is 3.00. The molecule has 0 bridgehead atoms. The van der Waals surface area contributed by atoms with E-state index in [9.17, 15) is 4.39 Å². The largest absolute Gasteiger partial charge is 0.336 e. The predicted molar refractivity (Wildman–Crippen MR) is 79.7 cm³/mol. The number of fused-ring (bicyclic) bond motifs is 2. The van der Waals surface area contributed by atoms with E-state index in [0.717, 1.165) is 20.7 Å². The molecule has 98 valence electrons. The van der Waals surface area contributed by atoms with Gasteiger partial charge < -0.3 is 4.98 Å². The molecule has 0 aliphatic carbocycles. The number of hydrogen-bond acceptors (Lipinski definition) is 3. The summed E-state index contributed by atoms with van der Waals surface area (Å²) in [5.74, 6) is 0.384. The zero-order chi connectivity index (χ0) is 13.7. The normalized spacial score (nSPS) is 11.5. The molecule has 0 aliphatic rings. The van der Waals surface area contributed by atoms with Gasteiger partial charge in [-0.15, -0.1) is 11.3 Å². The zero-order valence-corrected chi connectivity index (χ0v) is 11.6. The van der Waals surface area contributed by atoms with Crippen molar-refractivity contribution in [1.82, 2.24) is 15.0 Å². The highest BCUT2D eigenvalue weighted by atomic mass is 35.5. The second-order valence-corrected chi connectivity index (χ2v) is 5.85. The summed E-state index contributed by atoms with van der Waals surface area (Å²) in [7, 11) is 0. The number of H-pyrrole nitrogens is 1. The van der Waals surface area contributed by atoms with E-state index < -0.39 is 0 Å². The fourth-order valence-corrected chi connectivity index (χ4v) is 3.15. The smallest absolute Gasteiger partial charge is 0.167 e. The van der Waals surface area contributed by atoms with Crippen molar-refractivity contribution in [1.29, 1.82) is 0 Å². The van der Waals surface area contributed by atoms with Gasteiger partial charge in [-0.2, -0.15) is 0 Å². The first-order chi connectivity index (χ1) is 9.69. The van der Waals surface area contributed by atoms with Gasteiger partial charge in [0, 0.05) is 11.1 Å². The average molecular weight is 304 g/mol. The van der Waals surface area contributed by atoms with Gasteiger partial charge in [0.15, 0.2) is 10.8 Å². The van der Waals surface area contributed by atoms with Gasteiger partial charge in [0.1, 0.15) is 5.82 Å². The van der Waals surface area contributed by atoms with Crippen LogP contribution in [0.25, 0.3) is 32.1 Å². The Labute approximate surface area is 122 Å². The first kappa shape index (κ1) is 11.8. The Balaban J connectivity index is 1.91. The summed E-state index contributed by atoms with van der Waals surface area (Å²) in [6, 6.07) is 10.1. The average Bonchev–Trinajstić information content (AvgIpc) is 3.00. The summed E-state index contributed by atoms with van der Waals surface area (Å²) in [6.45, 7) is 0. The van der Waals surface area contributed by atoms with E-state index in [4.69, 9.17) is 11.6 Å². The molecule has 4 aromatic rings. The van der Waals surface area contributed by atoms with E-state index in [2.05, 4.69) is 15.0 Å². The number of benzene rings is 2. The Hall–Kier alpha value is -1.98. The van der Waals surface area contributed by atoms with Crippen LogP contribution in [0, 0.1) is 5.82 Å². The molecule has 0 atom stereocenters. The van der Waals surface area contributed by atoms with Crippen molar-refractivity contribution in [2.24, 2.45) is 0 Å². The minimum atomic E-state index is -0.286. The molecule has 0 amide bonds. The van der Waals surface area contributed by atoms with E-state index in [-0.39, 0.29) is 5.82 Å². The van der Waals surface area contributed by atoms with E-state index in [0.29, 0.717) is 16.4 Å². The molecule has 0 aliphatic heterocycles. The third kappa shape index (κ3) is 1.87. The number of hydrogen-bond donors (Lipinski definition) is 1. The number of rotatable bonds is 1. The van der Waals surface area contributed by atoms with E-state index in [1.807, 2.05) is 12.1 Å². The third-order valence-corrected chi connectivity index (χ3v) is 4.27. The van der Waals surface area contributed by atoms with Gasteiger partial charge in [-0.3, -0.25) is 0 Å². The number of aromatic nitrogens is 3. The van der Waals surface area contributed by atoms with Crippen molar-refractivity contribution in [3.63, 3.8) is 0 Å². The Morgan fingerprint density at radius 2 is 1.95 bits per heavy atom. The standard InChI is InChI=1S/C14H7ClFN3S/c15-7-1-3-9-10(5-7)18-13(17-9)14-19-11-6-8(16)2-4-12(11)20-14/h1-6H,(H,17,18). The SMILES string of the molecule is Fc1ccc2sc(-c3nc4ccc(Cl)cc4[nH]3)nc2c1. The molecule has 2 aromatic carbocycles. The van der Waals surface area contributed by atoms with Crippen LogP contribution in [0.15, 0.2) is 36.4 Å². The van der Waals surface area contributed by atoms with Gasteiger partial charge >= 0.3 is 0 Å². The van der Waals surface area contributed by atoms with Gasteiger partial charge in [-0.05, 0) is 30.3 Å². The number of aromatic amines is 1. The van der Waals surface area contributed by atoms with Crippen LogP contribution >= 0.6 is 22.9 Å². The highest BCUT2D eigenvalue weighted by Gasteiger charge is 2.11. The lowest BCUT2D eigenvalue weighted by Gasteiger charge is -1.87. The van der Waals surface area contributed by atoms with Gasteiger partial charge in [0.2, 0.25) is 0 Å². The fourth-order valence-electron chi connectivity index (χ4n) is 2.08. The number of halogens is 2. The summed E-state index contributed by atoms with van der Waals surface area (Å²) >= 11 is 7.43. The highest BCUT2D eigenvalue weighted by Crippen LogP contribution is 2.30. The summed E-state index contributed by atoms with van der Waals surface area (Å²) in [6.07, 6.45) is 0. The van der Waals surface area contributed by atoms with Gasteiger partial charge in [-0.25, -0.2) is 14.4 Å². The molecule has 1 N–H and O–H groups in total. The van der Waals surface area contributed by atoms with Crippen molar-refractivity contribution >= 4 is 44.2 Å². The second kappa shape index (κ2) is 4.26. The van der Waals surface area contributed by atoms with Crippen molar-refractivity contribution in [2.75, 3.05) is 0 Å². The summed E-state index contributed by atoms with van der Waals surface area (Å²) in [5.41, 5.74) is 2.33. The molecular formula is C14H7ClFN3S. The molecule has 3 nitrogen and oxygen atoms in total. The second-order valence-electron chi connectivity index (χ2n) is 4.38. The van der Waals surface area contributed by atoms with Crippen LogP contribution in [-0.4, -0.2) is 15.0 Å². The number of thiazole rings is 1. The Morgan fingerprint density at radius 1 is 1.05 bits per heavy atom. The molecule has 4 rings (SSSR count). The topological polar surface area (TPSA) is 41.6 Å². The molecule has 2 aromatic heterocycles. The minimum Gasteiger partial charge on any atom is -0.336 e. The van der Waals surface area contributed by atoms with Crippen LogP contribution in [0.2, 0.25) is 5.02 Å². The van der Waals surface area contributed by atoms with Crippen molar-refractivity contribution < 1.29 is 4.39 Å². The maximum atomic E-state index is 13.2. The Morgan fingerprint density at radius 3 is 2.85 bits per heavy atom. The van der Waals surface area contributed by atoms with Crippen LogP contribution in [0.1, 0.15) is 0 Å². The quantitative estimate of drug-likeness (QED) is 0.557. The van der Waals surface area contributed by atoms with E-state index >= 15 is 0 Å². The summed E-state index contributed by atoms with van der Waals surface area (Å²) in [5, 5.41) is 1.39. The van der Waals surface area contributed by atoms with E-state index in [1.54, 1.807) is 12.1 Å². The van der Waals surface area contributed by atoms with Crippen LogP contribution in [0.3, 0.4) is 0 Å². The molecular weight excluding hydrogens is 297 g/mol. The number of imidazole rings is 1. The lowest BCUT2D eigenvalue weighted by molar-refractivity contribution is 0.629. The van der Waals surface area contributed by atoms with E-state index in [1.165, 1.54) is 23.5 Å². The molecule has 0 saturated heterocycles. The van der Waals surface area contributed by atoms with Crippen LogP contribution in [-0.2, 0) is 0 Å². The molecule has 0 fully saturated rings. The van der Waals surface area contributed by atoms with Crippen LogP contribution in [0.4, 0.5) is 4.39 Å². The first-order valence-electron chi connectivity index (χ1n) is 5.91. The van der Waals surface area contributed by atoms with Crippen molar-refractivity contribution in [3.05, 3.63) is 47.2 Å². The van der Waals surface area contributed by atoms with Crippen LogP contribution in [0.5, 0.6) is 0 Å². The van der Waals surface area contributed by atoms with Gasteiger partial charge in [-0.1, -0.05) is 11.6 Å². The van der Waals surface area contributed by atoms with Gasteiger partial charge in [0.25, 0.3) is 0 Å². The van der Waals surface area contributed by atoms with Crippen molar-refractivity contribution in [3.8, 4) is 10.8 Å². The molecule has 2 heterocycles. The highest BCUT2D eigenvalue weighted by molar-refractivity contribution is 7.21. The summed E-state index contributed by atoms with van der Waals surface area (Å²) < 4.78 is 14.1. The zero-order valence-electron chi connectivity index (χ0n) is 10.0. The molecule has 0 unspecified atom stereocenters. The van der Waals surface area contributed by atoms with Crippen molar-refractivity contribution in [2.45, 2.75) is 0 Å². The molecule has 6 heteroatoms. The first-order valence-corrected chi connectivity index (χ1v) is 7.10. The lowest BCUT2D eigenvalue weighted by atomic mass is 10.3. The Kier molecular flexibility index (Phi) is 2.52. The summed E-state index contributed by atoms with van der Waals surface area (Å²) in [4.78, 5) is 12.1. The molecule has 0 saturated carbocycles. The maximum absolute atomic E-state index is 13.2. The fraction of sp³-hybridized carbons (Fsp3) is 0.